The van der Waals surface area contributed by atoms with Gasteiger partial charge in [0.15, 0.2) is 11.5 Å². The Kier molecular flexibility index (Phi) is 3.36. The van der Waals surface area contributed by atoms with Gasteiger partial charge in [0, 0.05) is 11.8 Å². The van der Waals surface area contributed by atoms with E-state index < -0.39 is 0 Å². The number of nitrogen functional groups attached to an aromatic ring is 1. The van der Waals surface area contributed by atoms with E-state index >= 15 is 0 Å². The smallest absolute Gasteiger partial charge is 0.194 e. The number of hydrogen-bond donors (Lipinski definition) is 3. The first-order chi connectivity index (χ1) is 6.27. The molecule has 0 fully saturated rings. The number of rotatable bonds is 4. The molecule has 0 spiro atoms. The molecular weight excluding hydrogens is 172 g/mol. The SMILES string of the molecule is CCOc1ccc(N)cc1ONO. The van der Waals surface area contributed by atoms with Crippen LogP contribution < -0.4 is 21.0 Å². The van der Waals surface area contributed by atoms with Crippen molar-refractivity contribution in [2.45, 2.75) is 6.92 Å². The summed E-state index contributed by atoms with van der Waals surface area (Å²) in [4.78, 5) is 4.67. The molecule has 0 amide bonds. The van der Waals surface area contributed by atoms with Gasteiger partial charge in [-0.2, -0.15) is 0 Å². The van der Waals surface area contributed by atoms with Gasteiger partial charge in [0.25, 0.3) is 0 Å². The minimum Gasteiger partial charge on any atom is -0.490 e. The third-order valence-electron chi connectivity index (χ3n) is 1.42. The Labute approximate surface area is 76.0 Å². The number of ether oxygens (including phenoxy) is 1. The molecule has 0 aromatic heterocycles. The molecule has 13 heavy (non-hydrogen) atoms. The van der Waals surface area contributed by atoms with Crippen molar-refractivity contribution in [1.29, 1.82) is 0 Å². The maximum Gasteiger partial charge on any atom is 0.194 e. The summed E-state index contributed by atoms with van der Waals surface area (Å²) in [5, 5.41) is 8.33. The lowest BCUT2D eigenvalue weighted by molar-refractivity contribution is -0.0452. The normalized spacial score (nSPS) is 9.69. The summed E-state index contributed by atoms with van der Waals surface area (Å²) in [5.41, 5.74) is 7.62. The fraction of sp³-hybridized carbons (Fsp3) is 0.250. The zero-order valence-corrected chi connectivity index (χ0v) is 7.28. The topological polar surface area (TPSA) is 76.7 Å². The third kappa shape index (κ3) is 2.50. The van der Waals surface area contributed by atoms with E-state index in [2.05, 4.69) is 4.84 Å². The Morgan fingerprint density at radius 3 is 2.85 bits per heavy atom. The van der Waals surface area contributed by atoms with Crippen molar-refractivity contribution in [3.05, 3.63) is 18.2 Å². The van der Waals surface area contributed by atoms with E-state index in [0.717, 1.165) is 0 Å². The van der Waals surface area contributed by atoms with Crippen LogP contribution in [-0.4, -0.2) is 11.8 Å². The molecule has 0 saturated carbocycles. The number of nitrogens with one attached hydrogen (secondary N) is 1. The summed E-state index contributed by atoms with van der Waals surface area (Å²) in [7, 11) is 0. The van der Waals surface area contributed by atoms with Crippen molar-refractivity contribution in [2.24, 2.45) is 0 Å². The van der Waals surface area contributed by atoms with Crippen LogP contribution in [0.5, 0.6) is 11.5 Å². The summed E-state index contributed by atoms with van der Waals surface area (Å²) in [6.07, 6.45) is 0. The number of benzene rings is 1. The molecule has 0 saturated heterocycles. The molecule has 5 heteroatoms. The van der Waals surface area contributed by atoms with Crippen LogP contribution in [0.25, 0.3) is 0 Å². The highest BCUT2D eigenvalue weighted by Gasteiger charge is 2.04. The van der Waals surface area contributed by atoms with Gasteiger partial charge in [-0.1, -0.05) is 0 Å². The first-order valence-electron chi connectivity index (χ1n) is 3.86. The molecule has 0 aliphatic rings. The van der Waals surface area contributed by atoms with Gasteiger partial charge in [0.1, 0.15) is 0 Å². The molecule has 1 aromatic carbocycles. The van der Waals surface area contributed by atoms with Crippen molar-refractivity contribution in [3.8, 4) is 11.5 Å². The van der Waals surface area contributed by atoms with Gasteiger partial charge >= 0.3 is 0 Å². The second-order valence-electron chi connectivity index (χ2n) is 2.33. The van der Waals surface area contributed by atoms with Crippen molar-refractivity contribution >= 4 is 5.69 Å². The van der Waals surface area contributed by atoms with Crippen LogP contribution in [0.2, 0.25) is 0 Å². The van der Waals surface area contributed by atoms with Crippen molar-refractivity contribution in [3.63, 3.8) is 0 Å². The standard InChI is InChI=1S/C8H12N2O3/c1-2-12-7-4-3-6(9)5-8(7)13-10-11/h3-5,10-11H,2,9H2,1H3. The van der Waals surface area contributed by atoms with Gasteiger partial charge in [-0.15, -0.1) is 0 Å². The minimum atomic E-state index is 0.351. The first-order valence-corrected chi connectivity index (χ1v) is 3.86. The van der Waals surface area contributed by atoms with Crippen LogP contribution in [0, 0.1) is 0 Å². The number of nitrogens with two attached hydrogens (primary N) is 1. The Hall–Kier alpha value is -1.46. The average Bonchev–Trinajstić information content (AvgIpc) is 2.10. The molecule has 0 aliphatic carbocycles. The molecule has 0 aliphatic heterocycles. The second kappa shape index (κ2) is 4.54. The quantitative estimate of drug-likeness (QED) is 0.479. The van der Waals surface area contributed by atoms with E-state index in [9.17, 15) is 0 Å². The van der Waals surface area contributed by atoms with Crippen LogP contribution in [-0.2, 0) is 0 Å². The lowest BCUT2D eigenvalue weighted by Gasteiger charge is -2.09. The van der Waals surface area contributed by atoms with Crippen LogP contribution >= 0.6 is 0 Å². The second-order valence-corrected chi connectivity index (χ2v) is 2.33. The van der Waals surface area contributed by atoms with E-state index in [1.807, 2.05) is 6.92 Å². The van der Waals surface area contributed by atoms with Gasteiger partial charge in [-0.3, -0.25) is 5.21 Å². The zero-order chi connectivity index (χ0) is 9.68. The van der Waals surface area contributed by atoms with E-state index in [0.29, 0.717) is 23.8 Å². The molecule has 0 radical (unpaired) electrons. The van der Waals surface area contributed by atoms with E-state index in [1.165, 1.54) is 0 Å². The van der Waals surface area contributed by atoms with Crippen molar-refractivity contribution in [1.82, 2.24) is 5.64 Å². The molecular formula is C8H12N2O3. The van der Waals surface area contributed by atoms with E-state index in [-0.39, 0.29) is 0 Å². The highest BCUT2D eigenvalue weighted by molar-refractivity contribution is 5.51. The maximum atomic E-state index is 8.33. The van der Waals surface area contributed by atoms with Crippen molar-refractivity contribution < 1.29 is 14.8 Å². The van der Waals surface area contributed by atoms with Crippen LogP contribution in [0.3, 0.4) is 0 Å². The largest absolute Gasteiger partial charge is 0.490 e. The first kappa shape index (κ1) is 9.63. The molecule has 0 unspecified atom stereocenters. The van der Waals surface area contributed by atoms with Gasteiger partial charge in [0.05, 0.1) is 6.61 Å². The zero-order valence-electron chi connectivity index (χ0n) is 7.28. The molecule has 1 aromatic rings. The molecule has 0 bridgehead atoms. The Balaban J connectivity index is 2.89. The molecule has 5 nitrogen and oxygen atoms in total. The molecule has 4 N–H and O–H groups in total. The fourth-order valence-corrected chi connectivity index (χ4v) is 0.928. The highest BCUT2D eigenvalue weighted by Crippen LogP contribution is 2.28. The van der Waals surface area contributed by atoms with Gasteiger partial charge in [0.2, 0.25) is 0 Å². The maximum absolute atomic E-state index is 8.33. The lowest BCUT2D eigenvalue weighted by Crippen LogP contribution is -2.13. The summed E-state index contributed by atoms with van der Waals surface area (Å²) >= 11 is 0. The minimum absolute atomic E-state index is 0.351. The number of hydrogen-bond acceptors (Lipinski definition) is 5. The summed E-state index contributed by atoms with van der Waals surface area (Å²) < 4.78 is 5.21. The Morgan fingerprint density at radius 1 is 1.46 bits per heavy atom. The fourth-order valence-electron chi connectivity index (χ4n) is 0.928. The third-order valence-corrected chi connectivity index (χ3v) is 1.42. The molecule has 1 rings (SSSR count). The van der Waals surface area contributed by atoms with Gasteiger partial charge < -0.3 is 15.3 Å². The molecule has 0 atom stereocenters. The monoisotopic (exact) mass is 184 g/mol. The van der Waals surface area contributed by atoms with Gasteiger partial charge in [-0.05, 0) is 24.7 Å². The van der Waals surface area contributed by atoms with Crippen LogP contribution in [0.1, 0.15) is 6.92 Å². The van der Waals surface area contributed by atoms with E-state index in [4.69, 9.17) is 15.7 Å². The molecule has 72 valence electrons. The lowest BCUT2D eigenvalue weighted by atomic mass is 10.3. The number of anilines is 1. The van der Waals surface area contributed by atoms with Gasteiger partial charge in [-0.25, -0.2) is 0 Å². The van der Waals surface area contributed by atoms with E-state index in [1.54, 1.807) is 23.8 Å². The predicted octanol–water partition coefficient (Wildman–Crippen LogP) is 0.940. The Bertz CT molecular complexity index is 278. The highest BCUT2D eigenvalue weighted by atomic mass is 16.8. The average molecular weight is 184 g/mol. The predicted molar refractivity (Wildman–Crippen MR) is 47.6 cm³/mol. The Morgan fingerprint density at radius 2 is 2.23 bits per heavy atom. The summed E-state index contributed by atoms with van der Waals surface area (Å²) in [6.45, 7) is 2.37. The van der Waals surface area contributed by atoms with Crippen LogP contribution in [0.15, 0.2) is 18.2 Å². The van der Waals surface area contributed by atoms with Crippen molar-refractivity contribution in [2.75, 3.05) is 12.3 Å². The summed E-state index contributed by atoms with van der Waals surface area (Å²) in [6, 6.07) is 4.91. The van der Waals surface area contributed by atoms with Crippen LogP contribution in [0.4, 0.5) is 5.69 Å². The molecule has 0 heterocycles. The summed E-state index contributed by atoms with van der Waals surface area (Å²) in [5.74, 6) is 0.877.